The molecule has 6 heteroatoms. The van der Waals surface area contributed by atoms with Gasteiger partial charge in [-0.25, -0.2) is 4.79 Å². The van der Waals surface area contributed by atoms with E-state index in [4.69, 9.17) is 9.84 Å². The monoisotopic (exact) mass is 292 g/mol. The van der Waals surface area contributed by atoms with Crippen molar-refractivity contribution >= 4 is 12.0 Å². The van der Waals surface area contributed by atoms with Crippen molar-refractivity contribution in [3.8, 4) is 5.75 Å². The van der Waals surface area contributed by atoms with Gasteiger partial charge in [0.15, 0.2) is 0 Å². The Morgan fingerprint density at radius 3 is 2.86 bits per heavy atom. The lowest BCUT2D eigenvalue weighted by Crippen LogP contribution is -2.47. The zero-order valence-electron chi connectivity index (χ0n) is 12.2. The van der Waals surface area contributed by atoms with Crippen LogP contribution in [0.5, 0.6) is 5.75 Å². The number of para-hydroxylation sites is 1. The number of nitrogens with zero attached hydrogens (tertiary/aromatic N) is 1. The molecule has 1 aromatic rings. The highest BCUT2D eigenvalue weighted by molar-refractivity contribution is 5.76. The van der Waals surface area contributed by atoms with Crippen LogP contribution < -0.4 is 10.1 Å². The molecule has 1 heterocycles. The Kier molecular flexibility index (Phi) is 4.67. The summed E-state index contributed by atoms with van der Waals surface area (Å²) in [6.07, 6.45) is -0.0704. The molecule has 0 spiro atoms. The first-order valence-electron chi connectivity index (χ1n) is 7.03. The van der Waals surface area contributed by atoms with E-state index < -0.39 is 5.97 Å². The summed E-state index contributed by atoms with van der Waals surface area (Å²) >= 11 is 0. The number of urea groups is 1. The minimum absolute atomic E-state index is 0.0704. The third-order valence-corrected chi connectivity index (χ3v) is 3.60. The maximum Gasteiger partial charge on any atom is 0.318 e. The molecule has 0 saturated heterocycles. The number of carboxylic acid groups (broad SMARTS) is 1. The van der Waals surface area contributed by atoms with Crippen LogP contribution in [0.1, 0.15) is 31.9 Å². The number of amides is 2. The standard InChI is InChI=1S/C15H20N2O4/c1-3-17(10(2)8-14(18)19)15(20)16-12-9-21-13-7-5-4-6-11(12)13/h4-7,10,12H,3,8-9H2,1-2H3,(H,16,20)(H,18,19). The van der Waals surface area contributed by atoms with Gasteiger partial charge in [0.1, 0.15) is 12.4 Å². The number of fused-ring (bicyclic) bond motifs is 1. The van der Waals surface area contributed by atoms with Crippen LogP contribution in [0.4, 0.5) is 4.79 Å². The topological polar surface area (TPSA) is 78.9 Å². The van der Waals surface area contributed by atoms with Crippen LogP contribution in [0, 0.1) is 0 Å². The van der Waals surface area contributed by atoms with Gasteiger partial charge in [0.2, 0.25) is 0 Å². The number of aliphatic carboxylic acids is 1. The van der Waals surface area contributed by atoms with Crippen LogP contribution in [0.3, 0.4) is 0 Å². The number of carbonyl (C=O) groups excluding carboxylic acids is 1. The van der Waals surface area contributed by atoms with Gasteiger partial charge in [-0.15, -0.1) is 0 Å². The van der Waals surface area contributed by atoms with Gasteiger partial charge in [-0.3, -0.25) is 4.79 Å². The van der Waals surface area contributed by atoms with Gasteiger partial charge in [-0.1, -0.05) is 18.2 Å². The molecule has 0 saturated carbocycles. The van der Waals surface area contributed by atoms with Gasteiger partial charge >= 0.3 is 12.0 Å². The Hall–Kier alpha value is -2.24. The lowest BCUT2D eigenvalue weighted by Gasteiger charge is -2.28. The second kappa shape index (κ2) is 6.47. The van der Waals surface area contributed by atoms with Crippen molar-refractivity contribution in [3.05, 3.63) is 29.8 Å². The average molecular weight is 292 g/mol. The first-order valence-corrected chi connectivity index (χ1v) is 7.03. The molecule has 0 fully saturated rings. The summed E-state index contributed by atoms with van der Waals surface area (Å²) in [6.45, 7) is 4.42. The lowest BCUT2D eigenvalue weighted by molar-refractivity contribution is -0.138. The number of nitrogens with one attached hydrogen (secondary N) is 1. The molecule has 114 valence electrons. The second-order valence-corrected chi connectivity index (χ2v) is 5.08. The fourth-order valence-corrected chi connectivity index (χ4v) is 2.53. The highest BCUT2D eigenvalue weighted by Crippen LogP contribution is 2.31. The van der Waals surface area contributed by atoms with E-state index in [0.717, 1.165) is 11.3 Å². The third kappa shape index (κ3) is 3.45. The molecule has 0 aromatic heterocycles. The molecule has 2 N–H and O–H groups in total. The lowest BCUT2D eigenvalue weighted by atomic mass is 10.1. The van der Waals surface area contributed by atoms with Crippen LogP contribution in [0.15, 0.2) is 24.3 Å². The van der Waals surface area contributed by atoms with Crippen molar-refractivity contribution in [2.45, 2.75) is 32.4 Å². The Morgan fingerprint density at radius 1 is 1.48 bits per heavy atom. The molecular weight excluding hydrogens is 272 g/mol. The molecular formula is C15H20N2O4. The van der Waals surface area contributed by atoms with Crippen molar-refractivity contribution in [3.63, 3.8) is 0 Å². The van der Waals surface area contributed by atoms with Crippen LogP contribution >= 0.6 is 0 Å². The first-order chi connectivity index (χ1) is 10.0. The van der Waals surface area contributed by atoms with Gasteiger partial charge < -0.3 is 20.1 Å². The molecule has 0 aliphatic carbocycles. The highest BCUT2D eigenvalue weighted by atomic mass is 16.5. The Bertz CT molecular complexity index is 532. The molecule has 2 atom stereocenters. The van der Waals surface area contributed by atoms with E-state index in [-0.39, 0.29) is 24.5 Å². The van der Waals surface area contributed by atoms with E-state index >= 15 is 0 Å². The first kappa shape index (κ1) is 15.2. The fourth-order valence-electron chi connectivity index (χ4n) is 2.53. The average Bonchev–Trinajstić information content (AvgIpc) is 2.82. The maximum atomic E-state index is 12.3. The van der Waals surface area contributed by atoms with Crippen LogP contribution in [0.2, 0.25) is 0 Å². The summed E-state index contributed by atoms with van der Waals surface area (Å²) in [5, 5.41) is 11.8. The molecule has 1 aliphatic heterocycles. The molecule has 6 nitrogen and oxygen atoms in total. The summed E-state index contributed by atoms with van der Waals surface area (Å²) in [7, 11) is 0. The number of benzene rings is 1. The molecule has 1 aliphatic rings. The maximum absolute atomic E-state index is 12.3. The van der Waals surface area contributed by atoms with Gasteiger partial charge in [-0.2, -0.15) is 0 Å². The Balaban J connectivity index is 2.02. The number of hydrogen-bond donors (Lipinski definition) is 2. The molecule has 2 unspecified atom stereocenters. The van der Waals surface area contributed by atoms with Gasteiger partial charge in [-0.05, 0) is 19.9 Å². The number of rotatable bonds is 5. The number of carbonyl (C=O) groups is 2. The molecule has 2 amide bonds. The van der Waals surface area contributed by atoms with E-state index in [1.807, 2.05) is 31.2 Å². The number of carboxylic acids is 1. The predicted molar refractivity (Wildman–Crippen MR) is 77.3 cm³/mol. The highest BCUT2D eigenvalue weighted by Gasteiger charge is 2.28. The molecule has 0 radical (unpaired) electrons. The van der Waals surface area contributed by atoms with E-state index in [1.165, 1.54) is 4.90 Å². The van der Waals surface area contributed by atoms with Gasteiger partial charge in [0.05, 0.1) is 12.5 Å². The van der Waals surface area contributed by atoms with Crippen molar-refractivity contribution in [1.29, 1.82) is 0 Å². The molecule has 21 heavy (non-hydrogen) atoms. The molecule has 1 aromatic carbocycles. The number of ether oxygens (including phenoxy) is 1. The normalized spacial score (nSPS) is 17.5. The molecule has 2 rings (SSSR count). The minimum Gasteiger partial charge on any atom is -0.491 e. The SMILES string of the molecule is CCN(C(=O)NC1COc2ccccc21)C(C)CC(=O)O. The quantitative estimate of drug-likeness (QED) is 0.870. The molecule has 0 bridgehead atoms. The Morgan fingerprint density at radius 2 is 2.19 bits per heavy atom. The second-order valence-electron chi connectivity index (χ2n) is 5.08. The Labute approximate surface area is 123 Å². The fraction of sp³-hybridized carbons (Fsp3) is 0.467. The van der Waals surface area contributed by atoms with Gasteiger partial charge in [0, 0.05) is 18.2 Å². The van der Waals surface area contributed by atoms with E-state index in [1.54, 1.807) is 6.92 Å². The summed E-state index contributed by atoms with van der Waals surface area (Å²) in [4.78, 5) is 24.6. The van der Waals surface area contributed by atoms with Crippen molar-refractivity contribution in [2.75, 3.05) is 13.2 Å². The van der Waals surface area contributed by atoms with Crippen molar-refractivity contribution < 1.29 is 19.4 Å². The van der Waals surface area contributed by atoms with Crippen molar-refractivity contribution in [1.82, 2.24) is 10.2 Å². The van der Waals surface area contributed by atoms with Crippen LogP contribution in [-0.4, -0.2) is 41.2 Å². The van der Waals surface area contributed by atoms with Crippen molar-refractivity contribution in [2.24, 2.45) is 0 Å². The third-order valence-electron chi connectivity index (χ3n) is 3.60. The largest absolute Gasteiger partial charge is 0.491 e. The van der Waals surface area contributed by atoms with Crippen LogP contribution in [-0.2, 0) is 4.79 Å². The smallest absolute Gasteiger partial charge is 0.318 e. The summed E-state index contributed by atoms with van der Waals surface area (Å²) in [6, 6.07) is 6.76. The summed E-state index contributed by atoms with van der Waals surface area (Å²) in [5.74, 6) is -0.132. The zero-order valence-corrected chi connectivity index (χ0v) is 12.2. The van der Waals surface area contributed by atoms with E-state index in [9.17, 15) is 9.59 Å². The zero-order chi connectivity index (χ0) is 15.4. The summed E-state index contributed by atoms with van der Waals surface area (Å²) in [5.41, 5.74) is 0.952. The van der Waals surface area contributed by atoms with E-state index in [0.29, 0.717) is 13.2 Å². The minimum atomic E-state index is -0.914. The van der Waals surface area contributed by atoms with E-state index in [2.05, 4.69) is 5.32 Å². The van der Waals surface area contributed by atoms with Crippen LogP contribution in [0.25, 0.3) is 0 Å². The van der Waals surface area contributed by atoms with Gasteiger partial charge in [0.25, 0.3) is 0 Å². The number of hydrogen-bond acceptors (Lipinski definition) is 3. The summed E-state index contributed by atoms with van der Waals surface area (Å²) < 4.78 is 5.52. The predicted octanol–water partition coefficient (Wildman–Crippen LogP) is 2.01.